The van der Waals surface area contributed by atoms with Crippen molar-refractivity contribution in [1.29, 1.82) is 0 Å². The Balaban J connectivity index is 1.72. The average Bonchev–Trinajstić information content (AvgIpc) is 3.14. The summed E-state index contributed by atoms with van der Waals surface area (Å²) in [5.74, 6) is 0.250. The Bertz CT molecular complexity index is 1240. The minimum atomic E-state index is -0.930. The number of nitrogens with zero attached hydrogens (tertiary/aromatic N) is 2. The molecule has 4 rings (SSSR count). The summed E-state index contributed by atoms with van der Waals surface area (Å²) in [7, 11) is 0. The number of aromatic carboxylic acids is 1. The monoisotopic (exact) mass is 414 g/mol. The molecule has 5 nitrogen and oxygen atoms in total. The molecule has 2 N–H and O–H groups in total. The fourth-order valence-electron chi connectivity index (χ4n) is 4.03. The highest BCUT2D eigenvalue weighted by atomic mass is 16.4. The van der Waals surface area contributed by atoms with E-state index in [4.69, 9.17) is 4.98 Å². The van der Waals surface area contributed by atoms with Crippen molar-refractivity contribution >= 4 is 17.0 Å². The van der Waals surface area contributed by atoms with Crippen molar-refractivity contribution in [2.24, 2.45) is 0 Å². The van der Waals surface area contributed by atoms with Crippen molar-refractivity contribution in [3.63, 3.8) is 0 Å². The smallest absolute Gasteiger partial charge is 0.336 e. The molecule has 31 heavy (non-hydrogen) atoms. The van der Waals surface area contributed by atoms with Crippen LogP contribution in [0.25, 0.3) is 22.2 Å². The molecule has 0 bridgehead atoms. The molecule has 0 unspecified atom stereocenters. The quantitative estimate of drug-likeness (QED) is 0.400. The van der Waals surface area contributed by atoms with E-state index in [1.165, 1.54) is 0 Å². The van der Waals surface area contributed by atoms with Gasteiger partial charge in [-0.1, -0.05) is 61.9 Å². The van der Waals surface area contributed by atoms with Gasteiger partial charge in [0.2, 0.25) is 0 Å². The first kappa shape index (κ1) is 20.7. The predicted molar refractivity (Wildman–Crippen MR) is 123 cm³/mol. The summed E-state index contributed by atoms with van der Waals surface area (Å²) in [5, 5.41) is 19.8. The second-order valence-electron chi connectivity index (χ2n) is 7.86. The number of carboxylic acids is 1. The summed E-state index contributed by atoms with van der Waals surface area (Å²) < 4.78 is 2.19. The average molecular weight is 415 g/mol. The van der Waals surface area contributed by atoms with Gasteiger partial charge >= 0.3 is 5.97 Å². The van der Waals surface area contributed by atoms with Gasteiger partial charge in [0.25, 0.3) is 0 Å². The number of imidazole rings is 1. The number of fused-ring (bicyclic) bond motifs is 1. The van der Waals surface area contributed by atoms with Crippen molar-refractivity contribution in [2.45, 2.75) is 39.7 Å². The Morgan fingerprint density at radius 2 is 1.77 bits per heavy atom. The summed E-state index contributed by atoms with van der Waals surface area (Å²) >= 11 is 0. The molecular weight excluding hydrogens is 388 g/mol. The van der Waals surface area contributed by atoms with Crippen LogP contribution in [0.4, 0.5) is 0 Å². The van der Waals surface area contributed by atoms with Crippen molar-refractivity contribution in [3.05, 3.63) is 83.2 Å². The standard InChI is InChI=1S/C26H26N2O3/c1-3-4-9-23-27-24-22(29)15-10-17(2)25(24)28(23)16-18-11-13-19(14-12-18)20-7-5-6-8-21(20)26(30)31/h5-8,10-15,29H,3-4,9,16H2,1-2H3,(H,30,31). The van der Waals surface area contributed by atoms with Crippen LogP contribution in [0.15, 0.2) is 60.7 Å². The van der Waals surface area contributed by atoms with Gasteiger partial charge in [0.05, 0.1) is 11.1 Å². The highest BCUT2D eigenvalue weighted by Crippen LogP contribution is 2.30. The zero-order chi connectivity index (χ0) is 22.0. The third-order valence-corrected chi connectivity index (χ3v) is 5.67. The lowest BCUT2D eigenvalue weighted by Gasteiger charge is -2.12. The summed E-state index contributed by atoms with van der Waals surface area (Å²) in [4.78, 5) is 16.3. The van der Waals surface area contributed by atoms with Crippen LogP contribution in [0.5, 0.6) is 5.75 Å². The number of aryl methyl sites for hydroxylation is 2. The van der Waals surface area contributed by atoms with E-state index in [-0.39, 0.29) is 5.75 Å². The lowest BCUT2D eigenvalue weighted by Crippen LogP contribution is -2.06. The van der Waals surface area contributed by atoms with Crippen molar-refractivity contribution < 1.29 is 15.0 Å². The summed E-state index contributed by atoms with van der Waals surface area (Å²) in [6.45, 7) is 4.83. The lowest BCUT2D eigenvalue weighted by atomic mass is 9.98. The van der Waals surface area contributed by atoms with Gasteiger partial charge in [0.1, 0.15) is 17.1 Å². The second-order valence-corrected chi connectivity index (χ2v) is 7.86. The maximum absolute atomic E-state index is 11.6. The summed E-state index contributed by atoms with van der Waals surface area (Å²) in [6.07, 6.45) is 2.97. The third kappa shape index (κ3) is 4.04. The zero-order valence-corrected chi connectivity index (χ0v) is 17.8. The van der Waals surface area contributed by atoms with E-state index >= 15 is 0 Å². The number of rotatable bonds is 7. The van der Waals surface area contributed by atoms with E-state index in [0.717, 1.165) is 47.3 Å². The van der Waals surface area contributed by atoms with E-state index < -0.39 is 5.97 Å². The first-order valence-electron chi connectivity index (χ1n) is 10.6. The van der Waals surface area contributed by atoms with Gasteiger partial charge in [0.15, 0.2) is 0 Å². The number of carboxylic acid groups (broad SMARTS) is 1. The minimum Gasteiger partial charge on any atom is -0.506 e. The Kier molecular flexibility index (Phi) is 5.76. The van der Waals surface area contributed by atoms with Gasteiger partial charge in [-0.2, -0.15) is 0 Å². The topological polar surface area (TPSA) is 75.4 Å². The fourth-order valence-corrected chi connectivity index (χ4v) is 4.03. The van der Waals surface area contributed by atoms with E-state index in [0.29, 0.717) is 23.2 Å². The van der Waals surface area contributed by atoms with Crippen molar-refractivity contribution in [1.82, 2.24) is 9.55 Å². The van der Waals surface area contributed by atoms with Crippen LogP contribution in [0.1, 0.15) is 47.1 Å². The molecule has 1 aromatic heterocycles. The molecule has 0 saturated heterocycles. The number of unbranched alkanes of at least 4 members (excludes halogenated alkanes) is 1. The summed E-state index contributed by atoms with van der Waals surface area (Å²) in [5.41, 5.74) is 5.66. The molecule has 0 radical (unpaired) electrons. The Labute approximate surface area is 181 Å². The number of hydrogen-bond donors (Lipinski definition) is 2. The highest BCUT2D eigenvalue weighted by Gasteiger charge is 2.16. The summed E-state index contributed by atoms with van der Waals surface area (Å²) in [6, 6.07) is 18.7. The molecule has 0 spiro atoms. The van der Waals surface area contributed by atoms with E-state index in [1.807, 2.05) is 49.4 Å². The van der Waals surface area contributed by atoms with Crippen LogP contribution in [0.2, 0.25) is 0 Å². The fraction of sp³-hybridized carbons (Fsp3) is 0.231. The van der Waals surface area contributed by atoms with Crippen LogP contribution >= 0.6 is 0 Å². The molecule has 3 aromatic carbocycles. The molecule has 0 saturated carbocycles. The molecule has 4 aromatic rings. The van der Waals surface area contributed by atoms with Crippen LogP contribution in [0.3, 0.4) is 0 Å². The van der Waals surface area contributed by atoms with Crippen LogP contribution in [-0.2, 0) is 13.0 Å². The van der Waals surface area contributed by atoms with Gasteiger partial charge in [-0.05, 0) is 47.7 Å². The Morgan fingerprint density at radius 1 is 1.03 bits per heavy atom. The van der Waals surface area contributed by atoms with E-state index in [1.54, 1.807) is 18.2 Å². The number of benzene rings is 3. The SMILES string of the molecule is CCCCc1nc2c(O)ccc(C)c2n1Cc1ccc(-c2ccccc2C(=O)O)cc1. The molecule has 0 aliphatic rings. The van der Waals surface area contributed by atoms with Crippen molar-refractivity contribution in [2.75, 3.05) is 0 Å². The number of phenols is 1. The van der Waals surface area contributed by atoms with Gasteiger partial charge in [-0.15, -0.1) is 0 Å². The van der Waals surface area contributed by atoms with Crippen molar-refractivity contribution in [3.8, 4) is 16.9 Å². The maximum Gasteiger partial charge on any atom is 0.336 e. The van der Waals surface area contributed by atoms with Crippen LogP contribution < -0.4 is 0 Å². The number of hydrogen-bond acceptors (Lipinski definition) is 3. The van der Waals surface area contributed by atoms with Crippen LogP contribution in [0, 0.1) is 6.92 Å². The molecule has 0 fully saturated rings. The molecule has 0 aliphatic carbocycles. The van der Waals surface area contributed by atoms with E-state index in [2.05, 4.69) is 11.5 Å². The van der Waals surface area contributed by atoms with Gasteiger partial charge in [-0.3, -0.25) is 0 Å². The normalized spacial score (nSPS) is 11.2. The Hall–Kier alpha value is -3.60. The van der Waals surface area contributed by atoms with Gasteiger partial charge in [0, 0.05) is 13.0 Å². The molecule has 1 heterocycles. The number of aromatic hydroxyl groups is 1. The Morgan fingerprint density at radius 3 is 2.48 bits per heavy atom. The number of phenolic OH excluding ortho intramolecular Hbond substituents is 1. The molecular formula is C26H26N2O3. The molecule has 0 amide bonds. The third-order valence-electron chi connectivity index (χ3n) is 5.67. The first-order chi connectivity index (χ1) is 15.0. The molecule has 5 heteroatoms. The molecule has 158 valence electrons. The first-order valence-corrected chi connectivity index (χ1v) is 10.6. The number of aromatic nitrogens is 2. The zero-order valence-electron chi connectivity index (χ0n) is 17.8. The van der Waals surface area contributed by atoms with E-state index in [9.17, 15) is 15.0 Å². The largest absolute Gasteiger partial charge is 0.506 e. The molecule has 0 aliphatic heterocycles. The van der Waals surface area contributed by atoms with Gasteiger partial charge < -0.3 is 14.8 Å². The lowest BCUT2D eigenvalue weighted by molar-refractivity contribution is 0.0697. The predicted octanol–water partition coefficient (Wildman–Crippen LogP) is 5.81. The highest BCUT2D eigenvalue weighted by molar-refractivity contribution is 5.96. The van der Waals surface area contributed by atoms with Crippen LogP contribution in [-0.4, -0.2) is 25.7 Å². The second kappa shape index (κ2) is 8.64. The number of carbonyl (C=O) groups is 1. The maximum atomic E-state index is 11.6. The minimum absolute atomic E-state index is 0.206. The van der Waals surface area contributed by atoms with Gasteiger partial charge in [-0.25, -0.2) is 9.78 Å². The molecule has 0 atom stereocenters.